The van der Waals surface area contributed by atoms with Crippen LogP contribution in [0.1, 0.15) is 25.8 Å². The fourth-order valence-electron chi connectivity index (χ4n) is 2.61. The van der Waals surface area contributed by atoms with Crippen LogP contribution in [0.2, 0.25) is 5.02 Å². The third-order valence-corrected chi connectivity index (χ3v) is 4.54. The smallest absolute Gasteiger partial charge is 0.335 e. The Labute approximate surface area is 167 Å². The summed E-state index contributed by atoms with van der Waals surface area (Å²) >= 11 is 5.86. The van der Waals surface area contributed by atoms with Gasteiger partial charge in [0, 0.05) is 5.02 Å². The van der Waals surface area contributed by atoms with Crippen LogP contribution in [0.4, 0.5) is 10.5 Å². The average molecular weight is 399 g/mol. The van der Waals surface area contributed by atoms with Crippen LogP contribution in [0.25, 0.3) is 6.08 Å². The van der Waals surface area contributed by atoms with E-state index in [4.69, 9.17) is 16.3 Å². The van der Waals surface area contributed by atoms with Crippen molar-refractivity contribution in [2.75, 3.05) is 4.90 Å². The Morgan fingerprint density at radius 3 is 2.32 bits per heavy atom. The number of anilines is 1. The second-order valence-electron chi connectivity index (χ2n) is 6.34. The highest BCUT2D eigenvalue weighted by Crippen LogP contribution is 2.24. The van der Waals surface area contributed by atoms with Crippen molar-refractivity contribution < 1.29 is 19.1 Å². The lowest BCUT2D eigenvalue weighted by Gasteiger charge is -2.26. The van der Waals surface area contributed by atoms with Gasteiger partial charge in [-0.15, -0.1) is 0 Å². The first-order valence-corrected chi connectivity index (χ1v) is 9.20. The van der Waals surface area contributed by atoms with Crippen molar-refractivity contribution in [2.24, 2.45) is 0 Å². The Bertz CT molecular complexity index is 936. The van der Waals surface area contributed by atoms with E-state index in [1.807, 2.05) is 13.8 Å². The van der Waals surface area contributed by atoms with Crippen molar-refractivity contribution in [3.05, 3.63) is 64.7 Å². The van der Waals surface area contributed by atoms with Crippen molar-refractivity contribution in [1.29, 1.82) is 0 Å². The molecule has 7 heteroatoms. The van der Waals surface area contributed by atoms with Gasteiger partial charge in [-0.05, 0) is 61.4 Å². The first kappa shape index (κ1) is 19.6. The van der Waals surface area contributed by atoms with Gasteiger partial charge in [-0.25, -0.2) is 9.69 Å². The fourth-order valence-corrected chi connectivity index (χ4v) is 2.73. The Morgan fingerprint density at radius 2 is 1.71 bits per heavy atom. The van der Waals surface area contributed by atoms with E-state index in [0.29, 0.717) is 22.0 Å². The summed E-state index contributed by atoms with van der Waals surface area (Å²) in [5.41, 5.74) is 0.827. The van der Waals surface area contributed by atoms with Gasteiger partial charge in [0.15, 0.2) is 0 Å². The zero-order valence-corrected chi connectivity index (χ0v) is 16.2. The lowest BCUT2D eigenvalue weighted by atomic mass is 10.1. The molecule has 0 aliphatic carbocycles. The van der Waals surface area contributed by atoms with Gasteiger partial charge in [0.1, 0.15) is 11.3 Å². The number of carbonyl (C=O) groups is 3. The zero-order valence-electron chi connectivity index (χ0n) is 15.4. The number of carbonyl (C=O) groups excluding carboxylic acids is 3. The van der Waals surface area contributed by atoms with Crippen LogP contribution in [0.5, 0.6) is 5.75 Å². The van der Waals surface area contributed by atoms with Crippen molar-refractivity contribution in [2.45, 2.75) is 26.4 Å². The summed E-state index contributed by atoms with van der Waals surface area (Å²) in [4.78, 5) is 38.1. The molecule has 0 bridgehead atoms. The third kappa shape index (κ3) is 4.23. The zero-order chi connectivity index (χ0) is 20.3. The van der Waals surface area contributed by atoms with E-state index >= 15 is 0 Å². The van der Waals surface area contributed by atoms with Gasteiger partial charge in [0.25, 0.3) is 11.8 Å². The standard InChI is InChI=1S/C21H19ClN2O4/c1-3-13(2)28-17-10-4-14(5-11-17)12-18-19(25)23-21(27)24(20(18)26)16-8-6-15(22)7-9-16/h4-13H,3H2,1-2H3,(H,23,25,27)/b18-12+/t13-/m1/s1. The molecule has 6 nitrogen and oxygen atoms in total. The van der Waals surface area contributed by atoms with Gasteiger partial charge in [-0.1, -0.05) is 30.7 Å². The summed E-state index contributed by atoms with van der Waals surface area (Å²) in [6, 6.07) is 12.4. The molecule has 2 aromatic rings. The van der Waals surface area contributed by atoms with E-state index in [1.165, 1.54) is 18.2 Å². The Morgan fingerprint density at radius 1 is 1.07 bits per heavy atom. The van der Waals surface area contributed by atoms with Crippen molar-refractivity contribution in [1.82, 2.24) is 5.32 Å². The maximum absolute atomic E-state index is 12.8. The minimum Gasteiger partial charge on any atom is -0.491 e. The second kappa shape index (κ2) is 8.27. The lowest BCUT2D eigenvalue weighted by Crippen LogP contribution is -2.54. The minimum absolute atomic E-state index is 0.0915. The molecule has 3 rings (SSSR count). The molecule has 28 heavy (non-hydrogen) atoms. The predicted molar refractivity (Wildman–Crippen MR) is 107 cm³/mol. The van der Waals surface area contributed by atoms with Gasteiger partial charge in [0.05, 0.1) is 11.8 Å². The molecule has 0 spiro atoms. The number of benzene rings is 2. The van der Waals surface area contributed by atoms with Gasteiger partial charge < -0.3 is 4.74 Å². The molecule has 0 radical (unpaired) electrons. The maximum atomic E-state index is 12.8. The molecule has 1 fully saturated rings. The molecular weight excluding hydrogens is 380 g/mol. The topological polar surface area (TPSA) is 75.7 Å². The third-order valence-electron chi connectivity index (χ3n) is 4.29. The summed E-state index contributed by atoms with van der Waals surface area (Å²) in [5, 5.41) is 2.66. The molecule has 4 amide bonds. The highest BCUT2D eigenvalue weighted by atomic mass is 35.5. The number of imide groups is 2. The molecule has 1 saturated heterocycles. The average Bonchev–Trinajstić information content (AvgIpc) is 2.67. The maximum Gasteiger partial charge on any atom is 0.335 e. The van der Waals surface area contributed by atoms with Crippen LogP contribution in [0.15, 0.2) is 54.1 Å². The van der Waals surface area contributed by atoms with Crippen LogP contribution in [0, 0.1) is 0 Å². The fraction of sp³-hybridized carbons (Fsp3) is 0.190. The lowest BCUT2D eigenvalue weighted by molar-refractivity contribution is -0.122. The van der Waals surface area contributed by atoms with E-state index in [0.717, 1.165) is 11.3 Å². The van der Waals surface area contributed by atoms with Crippen LogP contribution in [0.3, 0.4) is 0 Å². The van der Waals surface area contributed by atoms with E-state index in [1.54, 1.807) is 36.4 Å². The molecule has 1 atom stereocenters. The van der Waals surface area contributed by atoms with Crippen LogP contribution >= 0.6 is 11.6 Å². The Hall–Kier alpha value is -3.12. The Balaban J connectivity index is 1.87. The molecule has 0 aromatic heterocycles. The predicted octanol–water partition coefficient (Wildman–Crippen LogP) is 4.18. The van der Waals surface area contributed by atoms with Gasteiger partial charge in [0.2, 0.25) is 0 Å². The number of urea groups is 1. The molecule has 0 unspecified atom stereocenters. The number of rotatable bonds is 5. The van der Waals surface area contributed by atoms with Gasteiger partial charge >= 0.3 is 6.03 Å². The largest absolute Gasteiger partial charge is 0.491 e. The molecule has 2 aromatic carbocycles. The van der Waals surface area contributed by atoms with Crippen molar-refractivity contribution in [3.63, 3.8) is 0 Å². The first-order valence-electron chi connectivity index (χ1n) is 8.82. The normalized spacial score (nSPS) is 16.9. The summed E-state index contributed by atoms with van der Waals surface area (Å²) < 4.78 is 5.72. The molecule has 1 aliphatic heterocycles. The molecule has 1 heterocycles. The number of amides is 4. The van der Waals surface area contributed by atoms with E-state index in [-0.39, 0.29) is 11.7 Å². The molecule has 0 saturated carbocycles. The number of hydrogen-bond acceptors (Lipinski definition) is 4. The van der Waals surface area contributed by atoms with Gasteiger partial charge in [-0.2, -0.15) is 0 Å². The number of barbiturate groups is 1. The quantitative estimate of drug-likeness (QED) is 0.605. The molecule has 1 aliphatic rings. The number of hydrogen-bond donors (Lipinski definition) is 1. The van der Waals surface area contributed by atoms with Gasteiger partial charge in [-0.3, -0.25) is 14.9 Å². The first-order chi connectivity index (χ1) is 13.4. The molecule has 1 N–H and O–H groups in total. The summed E-state index contributed by atoms with van der Waals surface area (Å²) in [7, 11) is 0. The van der Waals surface area contributed by atoms with Crippen LogP contribution < -0.4 is 15.0 Å². The number of ether oxygens (including phenoxy) is 1. The van der Waals surface area contributed by atoms with Crippen molar-refractivity contribution in [3.8, 4) is 5.75 Å². The van der Waals surface area contributed by atoms with E-state index in [9.17, 15) is 14.4 Å². The Kier molecular flexibility index (Phi) is 5.80. The van der Waals surface area contributed by atoms with Crippen LogP contribution in [-0.2, 0) is 9.59 Å². The SMILES string of the molecule is CC[C@@H](C)Oc1ccc(/C=C2\C(=O)NC(=O)N(c3ccc(Cl)cc3)C2=O)cc1. The van der Waals surface area contributed by atoms with Crippen LogP contribution in [-0.4, -0.2) is 23.9 Å². The number of halogens is 1. The molecular formula is C21H19ClN2O4. The number of nitrogens with one attached hydrogen (secondary N) is 1. The summed E-state index contributed by atoms with van der Waals surface area (Å²) in [6.07, 6.45) is 2.42. The molecule has 144 valence electrons. The highest BCUT2D eigenvalue weighted by Gasteiger charge is 2.36. The second-order valence-corrected chi connectivity index (χ2v) is 6.78. The van der Waals surface area contributed by atoms with E-state index in [2.05, 4.69) is 5.32 Å². The monoisotopic (exact) mass is 398 g/mol. The summed E-state index contributed by atoms with van der Waals surface area (Å²) in [5.74, 6) is -0.731. The highest BCUT2D eigenvalue weighted by molar-refractivity contribution is 6.39. The minimum atomic E-state index is -0.799. The summed E-state index contributed by atoms with van der Waals surface area (Å²) in [6.45, 7) is 4.01. The number of nitrogens with zero attached hydrogens (tertiary/aromatic N) is 1. The van der Waals surface area contributed by atoms with E-state index < -0.39 is 17.8 Å². The van der Waals surface area contributed by atoms with Crippen molar-refractivity contribution >= 4 is 41.2 Å².